The van der Waals surface area contributed by atoms with Gasteiger partial charge in [0, 0.05) is 46.2 Å². The summed E-state index contributed by atoms with van der Waals surface area (Å²) in [5.74, 6) is 2.65. The summed E-state index contributed by atoms with van der Waals surface area (Å²) < 4.78 is 5.69. The van der Waals surface area contributed by atoms with Gasteiger partial charge in [-0.1, -0.05) is 0 Å². The van der Waals surface area contributed by atoms with Crippen LogP contribution in [0.4, 0.5) is 17.6 Å². The molecule has 7 heteroatoms. The monoisotopic (exact) mass is 359 g/mol. The zero-order valence-electron chi connectivity index (χ0n) is 15.7. The third-order valence-corrected chi connectivity index (χ3v) is 5.51. The standard InChI is InChI=1S/C19H29N5O2/c1-15(25)26-16-17(22-9-3-2-4-10-22)20-19(24-13-7-8-14-24)21-18(16)23-11-5-6-12-23/h2-14H2,1H3. The number of carbonyl (C=O) groups excluding carboxylic acids is 1. The van der Waals surface area contributed by atoms with Crippen molar-refractivity contribution >= 4 is 23.6 Å². The Kier molecular flexibility index (Phi) is 5.13. The quantitative estimate of drug-likeness (QED) is 0.766. The lowest BCUT2D eigenvalue weighted by Crippen LogP contribution is -2.33. The zero-order chi connectivity index (χ0) is 17.9. The van der Waals surface area contributed by atoms with Gasteiger partial charge in [-0.25, -0.2) is 0 Å². The highest BCUT2D eigenvalue weighted by Gasteiger charge is 2.29. The van der Waals surface area contributed by atoms with Crippen LogP contribution < -0.4 is 19.4 Å². The highest BCUT2D eigenvalue weighted by Crippen LogP contribution is 2.40. The third kappa shape index (κ3) is 3.57. The fourth-order valence-corrected chi connectivity index (χ4v) is 4.17. The molecule has 0 spiro atoms. The number of carbonyl (C=O) groups is 1. The highest BCUT2D eigenvalue weighted by atomic mass is 16.5. The molecule has 3 fully saturated rings. The molecule has 0 aromatic carbocycles. The lowest BCUT2D eigenvalue weighted by molar-refractivity contribution is -0.131. The Hall–Kier alpha value is -2.05. The second-order valence-corrected chi connectivity index (χ2v) is 7.53. The van der Waals surface area contributed by atoms with Gasteiger partial charge in [-0.2, -0.15) is 9.97 Å². The van der Waals surface area contributed by atoms with Crippen LogP contribution in [0.15, 0.2) is 0 Å². The lowest BCUT2D eigenvalue weighted by Gasteiger charge is -2.31. The van der Waals surface area contributed by atoms with E-state index in [9.17, 15) is 4.79 Å². The molecular weight excluding hydrogens is 330 g/mol. The first-order chi connectivity index (χ1) is 12.7. The number of nitrogens with zero attached hydrogens (tertiary/aromatic N) is 5. The van der Waals surface area contributed by atoms with Crippen LogP contribution >= 0.6 is 0 Å². The molecule has 0 unspecified atom stereocenters. The molecule has 4 rings (SSSR count). The molecule has 7 nitrogen and oxygen atoms in total. The van der Waals surface area contributed by atoms with E-state index in [0.29, 0.717) is 5.75 Å². The van der Waals surface area contributed by atoms with Crippen molar-refractivity contribution in [2.75, 3.05) is 54.0 Å². The van der Waals surface area contributed by atoms with E-state index >= 15 is 0 Å². The normalized spacial score (nSPS) is 20.7. The zero-order valence-corrected chi connectivity index (χ0v) is 15.7. The predicted octanol–water partition coefficient (Wildman–Crippen LogP) is 2.59. The molecule has 0 aliphatic carbocycles. The molecule has 4 heterocycles. The summed E-state index contributed by atoms with van der Waals surface area (Å²) in [4.78, 5) is 28.4. The van der Waals surface area contributed by atoms with E-state index in [1.54, 1.807) is 0 Å². The number of piperidine rings is 1. The van der Waals surface area contributed by atoms with Gasteiger partial charge in [0.25, 0.3) is 0 Å². The van der Waals surface area contributed by atoms with Crippen LogP contribution in [0.25, 0.3) is 0 Å². The van der Waals surface area contributed by atoms with Crippen LogP contribution in [-0.4, -0.2) is 55.2 Å². The van der Waals surface area contributed by atoms with E-state index in [1.807, 2.05) is 0 Å². The Balaban J connectivity index is 1.79. The molecule has 3 aliphatic heterocycles. The summed E-state index contributed by atoms with van der Waals surface area (Å²) in [6, 6.07) is 0. The number of rotatable bonds is 4. The Bertz CT molecular complexity index is 648. The average molecular weight is 359 g/mol. The molecule has 26 heavy (non-hydrogen) atoms. The first kappa shape index (κ1) is 17.4. The van der Waals surface area contributed by atoms with E-state index in [4.69, 9.17) is 14.7 Å². The number of anilines is 3. The van der Waals surface area contributed by atoms with Crippen molar-refractivity contribution in [2.24, 2.45) is 0 Å². The average Bonchev–Trinajstić information content (AvgIpc) is 3.36. The van der Waals surface area contributed by atoms with Crippen molar-refractivity contribution in [3.8, 4) is 5.75 Å². The molecule has 1 aromatic rings. The largest absolute Gasteiger partial charge is 0.419 e. The number of aromatic nitrogens is 2. The fraction of sp³-hybridized carbons (Fsp3) is 0.737. The maximum absolute atomic E-state index is 11.8. The number of hydrogen-bond donors (Lipinski definition) is 0. The summed E-state index contributed by atoms with van der Waals surface area (Å²) in [6.07, 6.45) is 8.25. The third-order valence-electron chi connectivity index (χ3n) is 5.51. The maximum Gasteiger partial charge on any atom is 0.308 e. The van der Waals surface area contributed by atoms with Gasteiger partial charge < -0.3 is 19.4 Å². The van der Waals surface area contributed by atoms with E-state index in [2.05, 4.69) is 14.7 Å². The van der Waals surface area contributed by atoms with Gasteiger partial charge in [-0.15, -0.1) is 0 Å². The minimum Gasteiger partial charge on any atom is -0.419 e. The van der Waals surface area contributed by atoms with Crippen molar-refractivity contribution in [3.63, 3.8) is 0 Å². The van der Waals surface area contributed by atoms with E-state index in [-0.39, 0.29) is 5.97 Å². The van der Waals surface area contributed by atoms with Crippen LogP contribution in [0, 0.1) is 0 Å². The predicted molar refractivity (Wildman–Crippen MR) is 102 cm³/mol. The van der Waals surface area contributed by atoms with Gasteiger partial charge >= 0.3 is 5.97 Å². The lowest BCUT2D eigenvalue weighted by atomic mass is 10.1. The first-order valence-electron chi connectivity index (χ1n) is 10.1. The molecule has 0 atom stereocenters. The van der Waals surface area contributed by atoms with Crippen molar-refractivity contribution < 1.29 is 9.53 Å². The number of esters is 1. The van der Waals surface area contributed by atoms with Crippen molar-refractivity contribution in [1.82, 2.24) is 9.97 Å². The molecule has 0 saturated carbocycles. The molecule has 3 saturated heterocycles. The minimum absolute atomic E-state index is 0.304. The van der Waals surface area contributed by atoms with Gasteiger partial charge in [-0.05, 0) is 44.9 Å². The Morgan fingerprint density at radius 1 is 0.731 bits per heavy atom. The second-order valence-electron chi connectivity index (χ2n) is 7.53. The van der Waals surface area contributed by atoms with Crippen LogP contribution in [0.3, 0.4) is 0 Å². The van der Waals surface area contributed by atoms with Crippen LogP contribution in [0.2, 0.25) is 0 Å². The first-order valence-corrected chi connectivity index (χ1v) is 10.1. The minimum atomic E-state index is -0.304. The summed E-state index contributed by atoms with van der Waals surface area (Å²) in [5, 5.41) is 0. The Morgan fingerprint density at radius 3 is 1.62 bits per heavy atom. The summed E-state index contributed by atoms with van der Waals surface area (Å²) in [5.41, 5.74) is 0. The number of hydrogen-bond acceptors (Lipinski definition) is 7. The SMILES string of the molecule is CC(=O)Oc1c(N2CCCCC2)nc(N2CCCC2)nc1N1CCCC1. The molecule has 142 valence electrons. The summed E-state index contributed by atoms with van der Waals surface area (Å²) in [7, 11) is 0. The van der Waals surface area contributed by atoms with Crippen LogP contribution in [0.5, 0.6) is 5.75 Å². The van der Waals surface area contributed by atoms with Crippen molar-refractivity contribution in [2.45, 2.75) is 51.9 Å². The summed E-state index contributed by atoms with van der Waals surface area (Å²) >= 11 is 0. The van der Waals surface area contributed by atoms with Crippen molar-refractivity contribution in [3.05, 3.63) is 0 Å². The van der Waals surface area contributed by atoms with Gasteiger partial charge in [-0.3, -0.25) is 4.79 Å². The molecule has 0 amide bonds. The number of ether oxygens (including phenoxy) is 1. The smallest absolute Gasteiger partial charge is 0.308 e. The molecular formula is C19H29N5O2. The van der Waals surface area contributed by atoms with Gasteiger partial charge in [0.05, 0.1) is 0 Å². The molecule has 1 aromatic heterocycles. The fourth-order valence-electron chi connectivity index (χ4n) is 4.17. The molecule has 0 bridgehead atoms. The van der Waals surface area contributed by atoms with E-state index in [1.165, 1.54) is 26.2 Å². The molecule has 0 N–H and O–H groups in total. The Morgan fingerprint density at radius 2 is 1.15 bits per heavy atom. The second kappa shape index (κ2) is 7.68. The van der Waals surface area contributed by atoms with E-state index in [0.717, 1.165) is 82.5 Å². The van der Waals surface area contributed by atoms with Gasteiger partial charge in [0.15, 0.2) is 11.6 Å². The van der Waals surface area contributed by atoms with Gasteiger partial charge in [0.1, 0.15) is 0 Å². The van der Waals surface area contributed by atoms with Crippen LogP contribution in [-0.2, 0) is 4.79 Å². The van der Waals surface area contributed by atoms with Gasteiger partial charge in [0.2, 0.25) is 11.7 Å². The summed E-state index contributed by atoms with van der Waals surface area (Å²) in [6.45, 7) is 7.32. The van der Waals surface area contributed by atoms with Crippen molar-refractivity contribution in [1.29, 1.82) is 0 Å². The molecule has 3 aliphatic rings. The maximum atomic E-state index is 11.8. The van der Waals surface area contributed by atoms with Crippen LogP contribution in [0.1, 0.15) is 51.9 Å². The van der Waals surface area contributed by atoms with E-state index < -0.39 is 0 Å². The highest BCUT2D eigenvalue weighted by molar-refractivity contribution is 5.77. The molecule has 0 radical (unpaired) electrons. The Labute approximate surface area is 155 Å². The topological polar surface area (TPSA) is 61.8 Å².